The molecular weight excluding hydrogens is 300 g/mol. The van der Waals surface area contributed by atoms with Gasteiger partial charge in [0.15, 0.2) is 5.78 Å². The number of esters is 2. The summed E-state index contributed by atoms with van der Waals surface area (Å²) in [7, 11) is 1.33. The van der Waals surface area contributed by atoms with Crippen LogP contribution in [-0.2, 0) is 23.9 Å². The van der Waals surface area contributed by atoms with E-state index >= 15 is 0 Å². The molecule has 3 aliphatic rings. The van der Waals surface area contributed by atoms with Gasteiger partial charge in [-0.15, -0.1) is 0 Å². The number of aliphatic hydroxyl groups excluding tert-OH is 1. The van der Waals surface area contributed by atoms with Crippen LogP contribution < -0.4 is 0 Å². The Morgan fingerprint density at radius 3 is 2.61 bits per heavy atom. The number of Topliss-reactive ketones (excluding diaryl/α,β-unsaturated/α-hetero) is 1. The normalized spacial score (nSPS) is 46.4. The van der Waals surface area contributed by atoms with Gasteiger partial charge in [-0.3, -0.25) is 14.4 Å². The van der Waals surface area contributed by atoms with Crippen LogP contribution in [0.15, 0.2) is 0 Å². The number of hydrogen-bond acceptors (Lipinski definition) is 6. The molecule has 0 aromatic rings. The highest BCUT2D eigenvalue weighted by atomic mass is 16.5. The average Bonchev–Trinajstić information content (AvgIpc) is 2.49. The van der Waals surface area contributed by atoms with E-state index in [9.17, 15) is 19.5 Å². The molecule has 23 heavy (non-hydrogen) atoms. The molecule has 0 spiro atoms. The molecule has 6 nitrogen and oxygen atoms in total. The maximum absolute atomic E-state index is 12.8. The van der Waals surface area contributed by atoms with Crippen molar-refractivity contribution in [1.82, 2.24) is 0 Å². The fraction of sp³-hybridized carbons (Fsp3) is 0.824. The van der Waals surface area contributed by atoms with Crippen molar-refractivity contribution in [2.75, 3.05) is 13.7 Å². The van der Waals surface area contributed by atoms with Gasteiger partial charge in [0.05, 0.1) is 25.6 Å². The molecule has 2 unspecified atom stereocenters. The van der Waals surface area contributed by atoms with Gasteiger partial charge in [-0.25, -0.2) is 0 Å². The van der Waals surface area contributed by atoms with E-state index in [2.05, 4.69) is 0 Å². The fourth-order valence-corrected chi connectivity index (χ4v) is 5.40. The lowest BCUT2D eigenvalue weighted by molar-refractivity contribution is -0.199. The monoisotopic (exact) mass is 324 g/mol. The predicted molar refractivity (Wildman–Crippen MR) is 79.1 cm³/mol. The second kappa shape index (κ2) is 5.30. The molecule has 0 aromatic carbocycles. The summed E-state index contributed by atoms with van der Waals surface area (Å²) >= 11 is 0. The number of hydrogen-bond donors (Lipinski definition) is 1. The molecule has 3 fully saturated rings. The Hall–Kier alpha value is -1.43. The Labute approximate surface area is 135 Å². The predicted octanol–water partition coefficient (Wildman–Crippen LogP) is 1.09. The van der Waals surface area contributed by atoms with Crippen molar-refractivity contribution in [3.05, 3.63) is 0 Å². The van der Waals surface area contributed by atoms with E-state index in [0.717, 1.165) is 0 Å². The number of ether oxygens (including phenoxy) is 2. The summed E-state index contributed by atoms with van der Waals surface area (Å²) in [4.78, 5) is 37.3. The van der Waals surface area contributed by atoms with Crippen molar-refractivity contribution < 1.29 is 29.0 Å². The number of methoxy groups -OCH3 is 1. The molecule has 3 rings (SSSR count). The van der Waals surface area contributed by atoms with E-state index in [1.807, 2.05) is 13.8 Å². The van der Waals surface area contributed by atoms with Gasteiger partial charge in [0.2, 0.25) is 0 Å². The smallest absolute Gasteiger partial charge is 0.309 e. The highest BCUT2D eigenvalue weighted by molar-refractivity contribution is 5.91. The van der Waals surface area contributed by atoms with Crippen LogP contribution in [0.3, 0.4) is 0 Å². The van der Waals surface area contributed by atoms with Crippen molar-refractivity contribution in [2.24, 2.45) is 28.6 Å². The summed E-state index contributed by atoms with van der Waals surface area (Å²) in [5, 5.41) is 10.2. The first-order valence-electron chi connectivity index (χ1n) is 8.22. The average molecular weight is 324 g/mol. The molecule has 128 valence electrons. The van der Waals surface area contributed by atoms with Gasteiger partial charge >= 0.3 is 11.9 Å². The SMILES string of the molecule is COC(=O)[C@@H]1CC(O)C(=O)[C@H]2[C@@]1(C)CCC1C(=O)OCC[C@@]12C. The molecule has 1 saturated heterocycles. The Morgan fingerprint density at radius 2 is 1.96 bits per heavy atom. The minimum Gasteiger partial charge on any atom is -0.469 e. The van der Waals surface area contributed by atoms with E-state index in [4.69, 9.17) is 9.47 Å². The molecule has 6 heteroatoms. The molecule has 0 radical (unpaired) electrons. The lowest BCUT2D eigenvalue weighted by Gasteiger charge is -2.60. The summed E-state index contributed by atoms with van der Waals surface area (Å²) in [5.41, 5.74) is -1.17. The van der Waals surface area contributed by atoms with Crippen LogP contribution in [0.4, 0.5) is 0 Å². The van der Waals surface area contributed by atoms with Crippen LogP contribution >= 0.6 is 0 Å². The Kier molecular flexibility index (Phi) is 3.78. The topological polar surface area (TPSA) is 89.9 Å². The lowest BCUT2D eigenvalue weighted by Crippen LogP contribution is -2.64. The maximum atomic E-state index is 12.8. The minimum absolute atomic E-state index is 0.101. The number of ketones is 1. The number of cyclic esters (lactones) is 1. The first kappa shape index (κ1) is 16.4. The van der Waals surface area contributed by atoms with Gasteiger partial charge in [-0.2, -0.15) is 0 Å². The largest absolute Gasteiger partial charge is 0.469 e. The number of carbonyl (C=O) groups is 3. The summed E-state index contributed by atoms with van der Waals surface area (Å²) < 4.78 is 10.1. The van der Waals surface area contributed by atoms with Crippen LogP contribution in [-0.4, -0.2) is 42.6 Å². The van der Waals surface area contributed by atoms with E-state index in [1.165, 1.54) is 7.11 Å². The zero-order valence-electron chi connectivity index (χ0n) is 13.8. The first-order valence-corrected chi connectivity index (χ1v) is 8.22. The second-order valence-corrected chi connectivity index (χ2v) is 7.68. The van der Waals surface area contributed by atoms with Crippen LogP contribution in [0.5, 0.6) is 0 Å². The van der Waals surface area contributed by atoms with Crippen molar-refractivity contribution >= 4 is 17.7 Å². The standard InChI is InChI=1S/C17H24O6/c1-16-5-4-9-15(21)23-7-6-17(9,2)13(16)12(19)11(18)8-10(16)14(20)22-3/h9-11,13,18H,4-8H2,1-3H3/t9?,10-,11?,13-,16-,17-/m0/s1. The van der Waals surface area contributed by atoms with Gasteiger partial charge in [0.25, 0.3) is 0 Å². The van der Waals surface area contributed by atoms with E-state index < -0.39 is 28.8 Å². The quantitative estimate of drug-likeness (QED) is 0.726. The summed E-state index contributed by atoms with van der Waals surface area (Å²) in [6.45, 7) is 4.15. The van der Waals surface area contributed by atoms with Gasteiger partial charge in [-0.1, -0.05) is 13.8 Å². The highest BCUT2D eigenvalue weighted by Gasteiger charge is 2.66. The number of rotatable bonds is 1. The Morgan fingerprint density at radius 1 is 1.26 bits per heavy atom. The molecule has 0 bridgehead atoms. The molecular formula is C17H24O6. The molecule has 2 saturated carbocycles. The van der Waals surface area contributed by atoms with Crippen molar-refractivity contribution in [1.29, 1.82) is 0 Å². The minimum atomic E-state index is -1.18. The third-order valence-electron chi connectivity index (χ3n) is 6.61. The van der Waals surface area contributed by atoms with Gasteiger partial charge in [-0.05, 0) is 36.5 Å². The third-order valence-corrected chi connectivity index (χ3v) is 6.61. The highest BCUT2D eigenvalue weighted by Crippen LogP contribution is 2.63. The Bertz CT molecular complexity index is 557. The lowest BCUT2D eigenvalue weighted by atomic mass is 9.43. The zero-order chi connectivity index (χ0) is 17.0. The van der Waals surface area contributed by atoms with E-state index in [1.54, 1.807) is 0 Å². The number of fused-ring (bicyclic) bond motifs is 3. The van der Waals surface area contributed by atoms with Crippen LogP contribution in [0.1, 0.15) is 39.5 Å². The summed E-state index contributed by atoms with van der Waals surface area (Å²) in [6, 6.07) is 0. The molecule has 1 N–H and O–H groups in total. The second-order valence-electron chi connectivity index (χ2n) is 7.68. The molecule has 2 aliphatic carbocycles. The first-order chi connectivity index (χ1) is 10.8. The number of aliphatic hydroxyl groups is 1. The Balaban J connectivity index is 2.08. The molecule has 1 aliphatic heterocycles. The summed E-state index contributed by atoms with van der Waals surface area (Å²) in [5.74, 6) is -2.29. The van der Waals surface area contributed by atoms with Gasteiger partial charge < -0.3 is 14.6 Å². The third kappa shape index (κ3) is 2.14. The van der Waals surface area contributed by atoms with E-state index in [0.29, 0.717) is 19.3 Å². The number of carbonyl (C=O) groups excluding carboxylic acids is 3. The van der Waals surface area contributed by atoms with E-state index in [-0.39, 0.29) is 36.7 Å². The molecule has 1 heterocycles. The van der Waals surface area contributed by atoms with Crippen LogP contribution in [0.2, 0.25) is 0 Å². The van der Waals surface area contributed by atoms with Gasteiger partial charge in [0, 0.05) is 5.92 Å². The molecule has 0 amide bonds. The van der Waals surface area contributed by atoms with Crippen LogP contribution in [0, 0.1) is 28.6 Å². The zero-order valence-corrected chi connectivity index (χ0v) is 13.8. The van der Waals surface area contributed by atoms with Crippen LogP contribution in [0.25, 0.3) is 0 Å². The summed E-state index contributed by atoms with van der Waals surface area (Å²) in [6.07, 6.45) is 0.676. The maximum Gasteiger partial charge on any atom is 0.309 e. The fourth-order valence-electron chi connectivity index (χ4n) is 5.40. The molecule has 6 atom stereocenters. The van der Waals surface area contributed by atoms with Crippen molar-refractivity contribution in [2.45, 2.75) is 45.6 Å². The molecule has 0 aromatic heterocycles. The van der Waals surface area contributed by atoms with Crippen molar-refractivity contribution in [3.8, 4) is 0 Å². The van der Waals surface area contributed by atoms with Crippen molar-refractivity contribution in [3.63, 3.8) is 0 Å². The van der Waals surface area contributed by atoms with Gasteiger partial charge in [0.1, 0.15) is 6.10 Å².